The first kappa shape index (κ1) is 17.5. The highest BCUT2D eigenvalue weighted by molar-refractivity contribution is 5.50. The first-order valence-electron chi connectivity index (χ1n) is 8.85. The van der Waals surface area contributed by atoms with E-state index in [9.17, 15) is 4.79 Å². The summed E-state index contributed by atoms with van der Waals surface area (Å²) in [5.74, 6) is 1.39. The number of likely N-dealkylation sites (tertiary alicyclic amines) is 1. The largest absolute Gasteiger partial charge is 0.497 e. The van der Waals surface area contributed by atoms with Gasteiger partial charge in [0.1, 0.15) is 5.75 Å². The summed E-state index contributed by atoms with van der Waals surface area (Å²) in [6.45, 7) is 3.12. The Hall–Kier alpha value is -2.33. The summed E-state index contributed by atoms with van der Waals surface area (Å²) in [4.78, 5) is 14.3. The number of hydrogen-bond acceptors (Lipinski definition) is 3. The van der Waals surface area contributed by atoms with Crippen molar-refractivity contribution in [3.8, 4) is 5.75 Å². The molecule has 3 rings (SSSR count). The molecule has 4 nitrogen and oxygen atoms in total. The molecule has 0 atom stereocenters. The molecule has 1 aliphatic rings. The van der Waals surface area contributed by atoms with Gasteiger partial charge < -0.3 is 9.30 Å². The highest BCUT2D eigenvalue weighted by Gasteiger charge is 2.20. The molecule has 0 amide bonds. The Bertz CT molecular complexity index is 769. The number of aromatic nitrogens is 1. The first-order valence-corrected chi connectivity index (χ1v) is 8.85. The normalized spacial score (nSPS) is 16.4. The predicted octanol–water partition coefficient (Wildman–Crippen LogP) is 3.29. The second kappa shape index (κ2) is 8.17. The standard InChI is InChI=1S/C21H26N2O2/c1-22-13-9-19(16-21(22)24)18-10-14-23(15-11-18)12-3-4-17-5-7-20(25-2)8-6-17/h3-9,13,16,18H,10-12,14-15H2,1-2H3. The van der Waals surface area contributed by atoms with E-state index in [1.165, 1.54) is 11.1 Å². The van der Waals surface area contributed by atoms with Crippen molar-refractivity contribution in [2.24, 2.45) is 7.05 Å². The second-order valence-corrected chi connectivity index (χ2v) is 6.66. The Kier molecular flexibility index (Phi) is 5.71. The van der Waals surface area contributed by atoms with Gasteiger partial charge in [0.05, 0.1) is 7.11 Å². The molecule has 132 valence electrons. The Morgan fingerprint density at radius 2 is 1.88 bits per heavy atom. The van der Waals surface area contributed by atoms with Crippen molar-refractivity contribution in [1.82, 2.24) is 9.47 Å². The SMILES string of the molecule is COc1ccc(C=CCN2CCC(c3ccn(C)c(=O)c3)CC2)cc1. The molecule has 1 aromatic carbocycles. The van der Waals surface area contributed by atoms with E-state index in [0.717, 1.165) is 38.2 Å². The Balaban J connectivity index is 1.49. The molecule has 0 unspecified atom stereocenters. The van der Waals surface area contributed by atoms with Crippen molar-refractivity contribution in [2.45, 2.75) is 18.8 Å². The van der Waals surface area contributed by atoms with E-state index in [4.69, 9.17) is 4.74 Å². The molecule has 0 aliphatic carbocycles. The fourth-order valence-electron chi connectivity index (χ4n) is 3.32. The Labute approximate surface area is 149 Å². The molecule has 25 heavy (non-hydrogen) atoms. The van der Waals surface area contributed by atoms with E-state index < -0.39 is 0 Å². The lowest BCUT2D eigenvalue weighted by atomic mass is 9.90. The number of rotatable bonds is 5. The average Bonchev–Trinajstić information content (AvgIpc) is 2.65. The van der Waals surface area contributed by atoms with Crippen molar-refractivity contribution < 1.29 is 4.74 Å². The summed E-state index contributed by atoms with van der Waals surface area (Å²) in [5.41, 5.74) is 2.47. The first-order chi connectivity index (χ1) is 12.2. The Morgan fingerprint density at radius 1 is 1.16 bits per heavy atom. The van der Waals surface area contributed by atoms with Gasteiger partial charge in [-0.05, 0) is 61.2 Å². The van der Waals surface area contributed by atoms with Crippen LogP contribution in [0.1, 0.15) is 29.9 Å². The third kappa shape index (κ3) is 4.60. The number of aryl methyl sites for hydroxylation is 1. The van der Waals surface area contributed by atoms with Gasteiger partial charge in [-0.1, -0.05) is 24.3 Å². The van der Waals surface area contributed by atoms with Crippen molar-refractivity contribution in [3.05, 3.63) is 70.2 Å². The van der Waals surface area contributed by atoms with Crippen LogP contribution in [0.2, 0.25) is 0 Å². The van der Waals surface area contributed by atoms with Gasteiger partial charge in [0.2, 0.25) is 0 Å². The van der Waals surface area contributed by atoms with Crippen LogP contribution in [0.15, 0.2) is 53.5 Å². The highest BCUT2D eigenvalue weighted by Crippen LogP contribution is 2.27. The molecule has 4 heteroatoms. The van der Waals surface area contributed by atoms with Crippen molar-refractivity contribution in [3.63, 3.8) is 0 Å². The maximum atomic E-state index is 11.8. The van der Waals surface area contributed by atoms with Gasteiger partial charge in [-0.25, -0.2) is 0 Å². The van der Waals surface area contributed by atoms with Crippen molar-refractivity contribution >= 4 is 6.08 Å². The molecule has 0 radical (unpaired) electrons. The molecule has 1 fully saturated rings. The average molecular weight is 338 g/mol. The summed E-state index contributed by atoms with van der Waals surface area (Å²) >= 11 is 0. The molecule has 1 aromatic heterocycles. The molecule has 0 bridgehead atoms. The summed E-state index contributed by atoms with van der Waals surface area (Å²) in [5, 5.41) is 0. The van der Waals surface area contributed by atoms with Crippen LogP contribution < -0.4 is 10.3 Å². The van der Waals surface area contributed by atoms with E-state index in [-0.39, 0.29) is 5.56 Å². The van der Waals surface area contributed by atoms with E-state index in [1.807, 2.05) is 18.3 Å². The molecule has 1 saturated heterocycles. The zero-order chi connectivity index (χ0) is 17.6. The monoisotopic (exact) mass is 338 g/mol. The van der Waals surface area contributed by atoms with Crippen molar-refractivity contribution in [2.75, 3.05) is 26.7 Å². The van der Waals surface area contributed by atoms with Crippen LogP contribution in [-0.2, 0) is 7.05 Å². The van der Waals surface area contributed by atoms with Crippen molar-refractivity contribution in [1.29, 1.82) is 0 Å². The summed E-state index contributed by atoms with van der Waals surface area (Å²) in [7, 11) is 3.48. The molecule has 2 heterocycles. The van der Waals surface area contributed by atoms with Crippen LogP contribution in [0.5, 0.6) is 5.75 Å². The van der Waals surface area contributed by atoms with Crippen LogP contribution in [0, 0.1) is 0 Å². The van der Waals surface area contributed by atoms with Gasteiger partial charge in [0.25, 0.3) is 5.56 Å². The minimum Gasteiger partial charge on any atom is -0.497 e. The fraction of sp³-hybridized carbons (Fsp3) is 0.381. The summed E-state index contributed by atoms with van der Waals surface area (Å²) in [6, 6.07) is 12.0. The van der Waals surface area contributed by atoms with Crippen LogP contribution in [-0.4, -0.2) is 36.2 Å². The number of ether oxygens (including phenoxy) is 1. The quantitative estimate of drug-likeness (QED) is 0.839. The number of nitrogens with zero attached hydrogens (tertiary/aromatic N) is 2. The molecular formula is C21H26N2O2. The maximum Gasteiger partial charge on any atom is 0.250 e. The minimum absolute atomic E-state index is 0.0855. The van der Waals surface area contributed by atoms with E-state index in [2.05, 4.69) is 35.3 Å². The van der Waals surface area contributed by atoms with Crippen LogP contribution in [0.3, 0.4) is 0 Å². The highest BCUT2D eigenvalue weighted by atomic mass is 16.5. The van der Waals surface area contributed by atoms with Gasteiger partial charge in [0, 0.05) is 25.9 Å². The van der Waals surface area contributed by atoms with Crippen LogP contribution in [0.4, 0.5) is 0 Å². The zero-order valence-electron chi connectivity index (χ0n) is 15.0. The van der Waals surface area contributed by atoms with Gasteiger partial charge >= 0.3 is 0 Å². The summed E-state index contributed by atoms with van der Waals surface area (Å²) < 4.78 is 6.80. The van der Waals surface area contributed by atoms with E-state index in [1.54, 1.807) is 24.8 Å². The number of piperidine rings is 1. The predicted molar refractivity (Wildman–Crippen MR) is 102 cm³/mol. The molecule has 2 aromatic rings. The summed E-state index contributed by atoms with van der Waals surface area (Å²) in [6.07, 6.45) is 8.49. The van der Waals surface area contributed by atoms with E-state index >= 15 is 0 Å². The number of methoxy groups -OCH3 is 1. The van der Waals surface area contributed by atoms with E-state index in [0.29, 0.717) is 5.92 Å². The zero-order valence-corrected chi connectivity index (χ0v) is 15.0. The van der Waals surface area contributed by atoms with Gasteiger partial charge in [0.15, 0.2) is 0 Å². The number of benzene rings is 1. The lowest BCUT2D eigenvalue weighted by Crippen LogP contribution is -2.33. The second-order valence-electron chi connectivity index (χ2n) is 6.66. The molecule has 1 aliphatic heterocycles. The topological polar surface area (TPSA) is 34.5 Å². The van der Waals surface area contributed by atoms with Crippen LogP contribution >= 0.6 is 0 Å². The molecule has 0 saturated carbocycles. The Morgan fingerprint density at radius 3 is 2.52 bits per heavy atom. The smallest absolute Gasteiger partial charge is 0.250 e. The van der Waals surface area contributed by atoms with Gasteiger partial charge in [-0.2, -0.15) is 0 Å². The van der Waals surface area contributed by atoms with Gasteiger partial charge in [-0.3, -0.25) is 9.69 Å². The number of hydrogen-bond donors (Lipinski definition) is 0. The minimum atomic E-state index is 0.0855. The fourth-order valence-corrected chi connectivity index (χ4v) is 3.32. The molecule has 0 spiro atoms. The molecule has 0 N–H and O–H groups in total. The van der Waals surface area contributed by atoms with Gasteiger partial charge in [-0.15, -0.1) is 0 Å². The maximum absolute atomic E-state index is 11.8. The number of pyridine rings is 1. The lowest BCUT2D eigenvalue weighted by Gasteiger charge is -2.31. The molecular weight excluding hydrogens is 312 g/mol. The van der Waals surface area contributed by atoms with Crippen LogP contribution in [0.25, 0.3) is 6.08 Å². The third-order valence-corrected chi connectivity index (χ3v) is 4.98. The third-order valence-electron chi connectivity index (χ3n) is 4.98. The lowest BCUT2D eigenvalue weighted by molar-refractivity contribution is 0.232.